The highest BCUT2D eigenvalue weighted by atomic mass is 35.5. The van der Waals surface area contributed by atoms with Gasteiger partial charge in [-0.15, -0.1) is 11.3 Å². The molecular formula is C20H15ClN2O3S. The zero-order valence-corrected chi connectivity index (χ0v) is 16.1. The van der Waals surface area contributed by atoms with Crippen LogP contribution in [0.3, 0.4) is 0 Å². The van der Waals surface area contributed by atoms with E-state index < -0.39 is 0 Å². The lowest BCUT2D eigenvalue weighted by Crippen LogP contribution is -2.12. The van der Waals surface area contributed by atoms with E-state index in [0.29, 0.717) is 22.2 Å². The molecule has 0 unspecified atom stereocenters. The monoisotopic (exact) mass is 398 g/mol. The van der Waals surface area contributed by atoms with Gasteiger partial charge in [-0.3, -0.25) is 4.79 Å². The summed E-state index contributed by atoms with van der Waals surface area (Å²) in [5.41, 5.74) is 2.27. The van der Waals surface area contributed by atoms with Crippen LogP contribution >= 0.6 is 22.9 Å². The number of carbonyl (C=O) groups excluding carboxylic acids is 1. The first-order valence-corrected chi connectivity index (χ1v) is 9.36. The Balaban J connectivity index is 1.60. The van der Waals surface area contributed by atoms with Crippen molar-refractivity contribution in [1.82, 2.24) is 4.98 Å². The Morgan fingerprint density at radius 2 is 2.04 bits per heavy atom. The number of benzene rings is 2. The van der Waals surface area contributed by atoms with Crippen LogP contribution in [0.5, 0.6) is 5.75 Å². The molecule has 136 valence electrons. The van der Waals surface area contributed by atoms with Crippen LogP contribution in [-0.4, -0.2) is 18.0 Å². The minimum Gasteiger partial charge on any atom is -0.495 e. The van der Waals surface area contributed by atoms with E-state index in [0.717, 1.165) is 20.8 Å². The fourth-order valence-corrected chi connectivity index (χ4v) is 3.75. The van der Waals surface area contributed by atoms with Gasteiger partial charge in [-0.05, 0) is 42.8 Å². The maximum Gasteiger partial charge on any atom is 0.291 e. The lowest BCUT2D eigenvalue weighted by atomic mass is 10.2. The topological polar surface area (TPSA) is 64.4 Å². The van der Waals surface area contributed by atoms with Crippen molar-refractivity contribution >= 4 is 44.7 Å². The van der Waals surface area contributed by atoms with E-state index in [4.69, 9.17) is 20.8 Å². The van der Waals surface area contributed by atoms with E-state index in [1.807, 2.05) is 31.2 Å². The molecule has 4 aromatic rings. The second-order valence-corrected chi connectivity index (χ2v) is 7.34. The average Bonchev–Trinajstić information content (AvgIpc) is 3.31. The van der Waals surface area contributed by atoms with Gasteiger partial charge in [-0.25, -0.2) is 4.98 Å². The van der Waals surface area contributed by atoms with Gasteiger partial charge in [0.25, 0.3) is 5.91 Å². The maximum atomic E-state index is 12.6. The largest absolute Gasteiger partial charge is 0.495 e. The second kappa shape index (κ2) is 7.06. The van der Waals surface area contributed by atoms with Gasteiger partial charge in [0.1, 0.15) is 5.75 Å². The maximum absolute atomic E-state index is 12.6. The SMILES string of the molecule is COc1cc(Cl)c(C)cc1NC(=O)c1ccc(-c2nc3ccccc3s2)o1. The number of fused-ring (bicyclic) bond motifs is 1. The van der Waals surface area contributed by atoms with E-state index in [2.05, 4.69) is 10.3 Å². The predicted molar refractivity (Wildman–Crippen MR) is 108 cm³/mol. The summed E-state index contributed by atoms with van der Waals surface area (Å²) in [6.45, 7) is 1.86. The third-order valence-electron chi connectivity index (χ3n) is 4.06. The molecule has 0 aliphatic heterocycles. The van der Waals surface area contributed by atoms with Crippen molar-refractivity contribution in [3.8, 4) is 16.5 Å². The van der Waals surface area contributed by atoms with Crippen molar-refractivity contribution in [3.63, 3.8) is 0 Å². The number of para-hydroxylation sites is 1. The summed E-state index contributed by atoms with van der Waals surface area (Å²) in [5.74, 6) is 0.860. The average molecular weight is 399 g/mol. The summed E-state index contributed by atoms with van der Waals surface area (Å²) in [7, 11) is 1.52. The van der Waals surface area contributed by atoms with Crippen molar-refractivity contribution in [2.75, 3.05) is 12.4 Å². The first-order chi connectivity index (χ1) is 13.0. The molecule has 1 amide bonds. The Kier molecular flexibility index (Phi) is 4.59. The second-order valence-electron chi connectivity index (χ2n) is 5.91. The number of aryl methyl sites for hydroxylation is 1. The van der Waals surface area contributed by atoms with Gasteiger partial charge >= 0.3 is 0 Å². The summed E-state index contributed by atoms with van der Waals surface area (Å²) in [6.07, 6.45) is 0. The minimum atomic E-state index is -0.373. The molecule has 0 spiro atoms. The summed E-state index contributed by atoms with van der Waals surface area (Å²) >= 11 is 7.62. The Hall–Kier alpha value is -2.83. The molecule has 0 aliphatic carbocycles. The zero-order chi connectivity index (χ0) is 19.0. The Bertz CT molecular complexity index is 1120. The highest BCUT2D eigenvalue weighted by Crippen LogP contribution is 2.33. The lowest BCUT2D eigenvalue weighted by Gasteiger charge is -2.11. The van der Waals surface area contributed by atoms with Crippen molar-refractivity contribution in [2.45, 2.75) is 6.92 Å². The number of nitrogens with zero attached hydrogens (tertiary/aromatic N) is 1. The molecule has 2 aromatic carbocycles. The molecule has 2 aromatic heterocycles. The Morgan fingerprint density at radius 1 is 1.22 bits per heavy atom. The summed E-state index contributed by atoms with van der Waals surface area (Å²) in [5, 5.41) is 4.11. The molecule has 0 atom stereocenters. The van der Waals surface area contributed by atoms with Gasteiger partial charge in [0.2, 0.25) is 0 Å². The first kappa shape index (κ1) is 17.6. The molecule has 0 aliphatic rings. The van der Waals surface area contributed by atoms with E-state index in [1.54, 1.807) is 24.3 Å². The Labute approximate surface area is 164 Å². The van der Waals surface area contributed by atoms with Crippen molar-refractivity contribution in [3.05, 3.63) is 64.9 Å². The number of anilines is 1. The third kappa shape index (κ3) is 3.41. The highest BCUT2D eigenvalue weighted by Gasteiger charge is 2.17. The van der Waals surface area contributed by atoms with Crippen LogP contribution in [-0.2, 0) is 0 Å². The first-order valence-electron chi connectivity index (χ1n) is 8.16. The molecule has 0 fully saturated rings. The van der Waals surface area contributed by atoms with E-state index in [1.165, 1.54) is 18.4 Å². The van der Waals surface area contributed by atoms with Crippen LogP contribution in [0.2, 0.25) is 5.02 Å². The van der Waals surface area contributed by atoms with E-state index in [-0.39, 0.29) is 11.7 Å². The fraction of sp³-hybridized carbons (Fsp3) is 0.100. The molecule has 1 N–H and O–H groups in total. The number of halogens is 1. The van der Waals surface area contributed by atoms with Crippen LogP contribution in [0, 0.1) is 6.92 Å². The number of methoxy groups -OCH3 is 1. The summed E-state index contributed by atoms with van der Waals surface area (Å²) < 4.78 is 12.1. The smallest absolute Gasteiger partial charge is 0.291 e. The molecule has 0 radical (unpaired) electrons. The van der Waals surface area contributed by atoms with Gasteiger partial charge in [-0.1, -0.05) is 23.7 Å². The van der Waals surface area contributed by atoms with Crippen LogP contribution in [0.15, 0.2) is 52.9 Å². The van der Waals surface area contributed by atoms with Crippen molar-refractivity contribution in [2.24, 2.45) is 0 Å². The number of amides is 1. The number of hydrogen-bond donors (Lipinski definition) is 1. The van der Waals surface area contributed by atoms with Crippen LogP contribution in [0.1, 0.15) is 16.1 Å². The predicted octanol–water partition coefficient (Wildman–Crippen LogP) is 5.78. The fourth-order valence-electron chi connectivity index (χ4n) is 2.67. The summed E-state index contributed by atoms with van der Waals surface area (Å²) in [6, 6.07) is 14.7. The molecule has 5 nitrogen and oxygen atoms in total. The number of rotatable bonds is 4. The molecule has 0 bridgehead atoms. The normalized spacial score (nSPS) is 10.9. The molecule has 7 heteroatoms. The van der Waals surface area contributed by atoms with Crippen molar-refractivity contribution in [1.29, 1.82) is 0 Å². The number of nitrogens with one attached hydrogen (secondary N) is 1. The number of hydrogen-bond acceptors (Lipinski definition) is 5. The van der Waals surface area contributed by atoms with Crippen molar-refractivity contribution < 1.29 is 13.9 Å². The molecule has 0 saturated heterocycles. The summed E-state index contributed by atoms with van der Waals surface area (Å²) in [4.78, 5) is 17.1. The molecule has 0 saturated carbocycles. The standard InChI is InChI=1S/C20H15ClN2O3S/c1-11-9-14(17(25-2)10-12(11)21)22-19(24)15-7-8-16(26-15)20-23-13-5-3-4-6-18(13)27-20/h3-10H,1-2H3,(H,22,24). The van der Waals surface area contributed by atoms with Crippen LogP contribution in [0.25, 0.3) is 21.0 Å². The quantitative estimate of drug-likeness (QED) is 0.473. The van der Waals surface area contributed by atoms with Gasteiger partial charge in [0, 0.05) is 11.1 Å². The van der Waals surface area contributed by atoms with E-state index in [9.17, 15) is 4.79 Å². The minimum absolute atomic E-state index is 0.193. The van der Waals surface area contributed by atoms with Crippen LogP contribution < -0.4 is 10.1 Å². The molecule has 2 heterocycles. The number of aromatic nitrogens is 1. The number of carbonyl (C=O) groups is 1. The van der Waals surface area contributed by atoms with Gasteiger partial charge in [0.15, 0.2) is 16.5 Å². The zero-order valence-electron chi connectivity index (χ0n) is 14.6. The molecular weight excluding hydrogens is 384 g/mol. The van der Waals surface area contributed by atoms with E-state index >= 15 is 0 Å². The van der Waals surface area contributed by atoms with Gasteiger partial charge in [0.05, 0.1) is 23.0 Å². The number of ether oxygens (including phenoxy) is 1. The molecule has 27 heavy (non-hydrogen) atoms. The van der Waals surface area contributed by atoms with Crippen LogP contribution in [0.4, 0.5) is 5.69 Å². The number of furan rings is 1. The molecule has 4 rings (SSSR count). The number of thiazole rings is 1. The van der Waals surface area contributed by atoms with Gasteiger partial charge in [-0.2, -0.15) is 0 Å². The lowest BCUT2D eigenvalue weighted by molar-refractivity contribution is 0.0997. The Morgan fingerprint density at radius 3 is 2.81 bits per heavy atom. The van der Waals surface area contributed by atoms with Gasteiger partial charge < -0.3 is 14.5 Å². The third-order valence-corrected chi connectivity index (χ3v) is 5.52. The highest BCUT2D eigenvalue weighted by molar-refractivity contribution is 7.21.